The van der Waals surface area contributed by atoms with Crippen LogP contribution in [0.1, 0.15) is 24.3 Å². The molecule has 94 valence electrons. The quantitative estimate of drug-likeness (QED) is 0.920. The van der Waals surface area contributed by atoms with Crippen LogP contribution in [0.15, 0.2) is 42.5 Å². The lowest BCUT2D eigenvalue weighted by Gasteiger charge is -2.14. The highest BCUT2D eigenvalue weighted by molar-refractivity contribution is 6.31. The maximum absolute atomic E-state index is 9.09. The Balaban J connectivity index is 2.14. The molecular formula is C14H14ClNO2. The van der Waals surface area contributed by atoms with E-state index in [9.17, 15) is 0 Å². The third-order valence-electron chi connectivity index (χ3n) is 2.61. The minimum absolute atomic E-state index is 0.105. The number of nitrogens with zero attached hydrogens (tertiary/aromatic N) is 1. The zero-order valence-electron chi connectivity index (χ0n) is 10.0. The van der Waals surface area contributed by atoms with Crippen molar-refractivity contribution < 1.29 is 9.84 Å². The molecule has 2 rings (SSSR count). The van der Waals surface area contributed by atoms with Crippen molar-refractivity contribution in [2.75, 3.05) is 0 Å². The van der Waals surface area contributed by atoms with Gasteiger partial charge in [0.1, 0.15) is 6.10 Å². The van der Waals surface area contributed by atoms with Gasteiger partial charge in [-0.2, -0.15) is 0 Å². The highest BCUT2D eigenvalue weighted by Crippen LogP contribution is 2.23. The van der Waals surface area contributed by atoms with Crippen molar-refractivity contribution in [3.8, 4) is 5.88 Å². The molecule has 18 heavy (non-hydrogen) atoms. The molecule has 3 nitrogen and oxygen atoms in total. The van der Waals surface area contributed by atoms with E-state index in [4.69, 9.17) is 21.4 Å². The van der Waals surface area contributed by atoms with Crippen molar-refractivity contribution in [3.05, 3.63) is 58.7 Å². The molecule has 1 aromatic heterocycles. The number of pyridine rings is 1. The minimum atomic E-state index is -0.199. The van der Waals surface area contributed by atoms with E-state index < -0.39 is 0 Å². The Labute approximate surface area is 111 Å². The van der Waals surface area contributed by atoms with E-state index in [1.54, 1.807) is 12.1 Å². The van der Waals surface area contributed by atoms with Crippen molar-refractivity contribution in [2.45, 2.75) is 19.6 Å². The maximum Gasteiger partial charge on any atom is 0.214 e. The fourth-order valence-electron chi connectivity index (χ4n) is 1.61. The van der Waals surface area contributed by atoms with Crippen molar-refractivity contribution in [1.82, 2.24) is 4.98 Å². The number of aliphatic hydroxyl groups excluding tert-OH is 1. The van der Waals surface area contributed by atoms with Crippen LogP contribution in [0.4, 0.5) is 0 Å². The van der Waals surface area contributed by atoms with Crippen LogP contribution < -0.4 is 4.74 Å². The first-order valence-corrected chi connectivity index (χ1v) is 6.06. The largest absolute Gasteiger partial charge is 0.470 e. The van der Waals surface area contributed by atoms with Gasteiger partial charge in [0.25, 0.3) is 0 Å². The molecule has 1 heterocycles. The number of ether oxygens (including phenoxy) is 1. The molecule has 1 aromatic carbocycles. The third-order valence-corrected chi connectivity index (χ3v) is 2.95. The second kappa shape index (κ2) is 5.85. The molecule has 4 heteroatoms. The SMILES string of the molecule is CC(Oc1ccc(Cl)c(CO)n1)c1ccccc1. The summed E-state index contributed by atoms with van der Waals surface area (Å²) < 4.78 is 5.72. The van der Waals surface area contributed by atoms with Gasteiger partial charge in [0.15, 0.2) is 0 Å². The van der Waals surface area contributed by atoms with E-state index >= 15 is 0 Å². The summed E-state index contributed by atoms with van der Waals surface area (Å²) in [5, 5.41) is 9.53. The predicted molar refractivity (Wildman–Crippen MR) is 70.7 cm³/mol. The highest BCUT2D eigenvalue weighted by Gasteiger charge is 2.09. The molecule has 0 radical (unpaired) electrons. The molecule has 0 saturated carbocycles. The molecule has 1 atom stereocenters. The topological polar surface area (TPSA) is 42.4 Å². The van der Waals surface area contributed by atoms with Gasteiger partial charge in [-0.15, -0.1) is 0 Å². The lowest BCUT2D eigenvalue weighted by molar-refractivity contribution is 0.213. The Morgan fingerprint density at radius 2 is 1.94 bits per heavy atom. The maximum atomic E-state index is 9.09. The molecule has 0 bridgehead atoms. The number of benzene rings is 1. The molecule has 1 N–H and O–H groups in total. The van der Waals surface area contributed by atoms with Gasteiger partial charge < -0.3 is 9.84 Å². The smallest absolute Gasteiger partial charge is 0.214 e. The van der Waals surface area contributed by atoms with E-state index in [0.29, 0.717) is 16.6 Å². The van der Waals surface area contributed by atoms with Gasteiger partial charge in [-0.1, -0.05) is 41.9 Å². The van der Waals surface area contributed by atoms with Gasteiger partial charge in [-0.05, 0) is 18.6 Å². The average Bonchev–Trinajstić information content (AvgIpc) is 2.42. The molecule has 2 aromatic rings. The summed E-state index contributed by atoms with van der Waals surface area (Å²) in [6.45, 7) is 1.75. The molecule has 0 aliphatic heterocycles. The predicted octanol–water partition coefficient (Wildman–Crippen LogP) is 3.37. The molecule has 1 unspecified atom stereocenters. The first-order valence-electron chi connectivity index (χ1n) is 5.68. The molecular weight excluding hydrogens is 250 g/mol. The van der Waals surface area contributed by atoms with Gasteiger partial charge in [0.2, 0.25) is 5.88 Å². The lowest BCUT2D eigenvalue weighted by atomic mass is 10.1. The van der Waals surface area contributed by atoms with E-state index in [0.717, 1.165) is 5.56 Å². The second-order valence-corrected chi connectivity index (χ2v) is 4.31. The number of hydrogen-bond acceptors (Lipinski definition) is 3. The zero-order valence-corrected chi connectivity index (χ0v) is 10.8. The number of aromatic nitrogens is 1. The van der Waals surface area contributed by atoms with Crippen molar-refractivity contribution in [3.63, 3.8) is 0 Å². The number of hydrogen-bond donors (Lipinski definition) is 1. The van der Waals surface area contributed by atoms with Crippen LogP contribution in [0.2, 0.25) is 5.02 Å². The van der Waals surface area contributed by atoms with Gasteiger partial charge in [-0.3, -0.25) is 0 Å². The molecule has 0 amide bonds. The molecule has 0 fully saturated rings. The summed E-state index contributed by atoms with van der Waals surface area (Å²) in [5.41, 5.74) is 1.49. The van der Waals surface area contributed by atoms with Crippen LogP contribution in [-0.4, -0.2) is 10.1 Å². The molecule has 0 aliphatic rings. The molecule has 0 spiro atoms. The van der Waals surface area contributed by atoms with Crippen LogP contribution in [-0.2, 0) is 6.61 Å². The standard InChI is InChI=1S/C14H14ClNO2/c1-10(11-5-3-2-4-6-11)18-14-8-7-12(15)13(9-17)16-14/h2-8,10,17H,9H2,1H3. The van der Waals surface area contributed by atoms with Gasteiger partial charge in [0, 0.05) is 6.07 Å². The Morgan fingerprint density at radius 3 is 2.61 bits per heavy atom. The van der Waals surface area contributed by atoms with E-state index in [2.05, 4.69) is 4.98 Å². The van der Waals surface area contributed by atoms with Crippen LogP contribution in [0, 0.1) is 0 Å². The monoisotopic (exact) mass is 263 g/mol. The van der Waals surface area contributed by atoms with Crippen molar-refractivity contribution in [1.29, 1.82) is 0 Å². The number of aliphatic hydroxyl groups is 1. The first kappa shape index (κ1) is 12.9. The van der Waals surface area contributed by atoms with Crippen molar-refractivity contribution in [2.24, 2.45) is 0 Å². The summed E-state index contributed by atoms with van der Waals surface area (Å²) in [6.07, 6.45) is -0.105. The van der Waals surface area contributed by atoms with Crippen LogP contribution in [0.5, 0.6) is 5.88 Å². The molecule has 0 aliphatic carbocycles. The first-order chi connectivity index (χ1) is 8.70. The van der Waals surface area contributed by atoms with Crippen LogP contribution >= 0.6 is 11.6 Å². The van der Waals surface area contributed by atoms with E-state index in [-0.39, 0.29) is 12.7 Å². The number of halogens is 1. The van der Waals surface area contributed by atoms with Crippen molar-refractivity contribution >= 4 is 11.6 Å². The summed E-state index contributed by atoms with van der Waals surface area (Å²) in [6, 6.07) is 13.2. The van der Waals surface area contributed by atoms with Crippen LogP contribution in [0.25, 0.3) is 0 Å². The highest BCUT2D eigenvalue weighted by atomic mass is 35.5. The van der Waals surface area contributed by atoms with Gasteiger partial charge >= 0.3 is 0 Å². The minimum Gasteiger partial charge on any atom is -0.470 e. The lowest BCUT2D eigenvalue weighted by Crippen LogP contribution is -2.05. The Morgan fingerprint density at radius 1 is 1.22 bits per heavy atom. The van der Waals surface area contributed by atoms with E-state index in [1.807, 2.05) is 37.3 Å². The normalized spacial score (nSPS) is 12.2. The Hall–Kier alpha value is -1.58. The Kier molecular flexibility index (Phi) is 4.18. The summed E-state index contributed by atoms with van der Waals surface area (Å²) >= 11 is 5.87. The fraction of sp³-hybridized carbons (Fsp3) is 0.214. The summed E-state index contributed by atoms with van der Waals surface area (Å²) in [7, 11) is 0. The second-order valence-electron chi connectivity index (χ2n) is 3.91. The molecule has 0 saturated heterocycles. The summed E-state index contributed by atoms with van der Waals surface area (Å²) in [4.78, 5) is 4.15. The average molecular weight is 264 g/mol. The fourth-order valence-corrected chi connectivity index (χ4v) is 1.78. The number of rotatable bonds is 4. The third kappa shape index (κ3) is 3.00. The summed E-state index contributed by atoms with van der Waals surface area (Å²) in [5.74, 6) is 0.458. The van der Waals surface area contributed by atoms with Crippen LogP contribution in [0.3, 0.4) is 0 Å². The zero-order chi connectivity index (χ0) is 13.0. The van der Waals surface area contributed by atoms with Gasteiger partial charge in [0.05, 0.1) is 17.3 Å². The van der Waals surface area contributed by atoms with Gasteiger partial charge in [-0.25, -0.2) is 4.98 Å². The van der Waals surface area contributed by atoms with E-state index in [1.165, 1.54) is 0 Å². The Bertz CT molecular complexity index is 516.